The van der Waals surface area contributed by atoms with E-state index in [0.29, 0.717) is 12.5 Å². The van der Waals surface area contributed by atoms with Crippen molar-refractivity contribution < 1.29 is 22.3 Å². The molecule has 0 aliphatic heterocycles. The number of benzene rings is 1. The lowest BCUT2D eigenvalue weighted by Gasteiger charge is -2.13. The van der Waals surface area contributed by atoms with Gasteiger partial charge in [-0.05, 0) is 24.6 Å². The number of hydrogen-bond donors (Lipinski definition) is 0. The molecule has 0 radical (unpaired) electrons. The molecule has 0 spiro atoms. The molecule has 0 aromatic heterocycles. The zero-order valence-corrected chi connectivity index (χ0v) is 8.07. The summed E-state index contributed by atoms with van der Waals surface area (Å²) in [5.74, 6) is -1.25. The maximum atomic E-state index is 12.6. The second-order valence-corrected chi connectivity index (χ2v) is 2.99. The SMILES string of the molecule is CCCOc1ccc(F)cc1C(F)(F)F. The Morgan fingerprint density at radius 1 is 1.27 bits per heavy atom. The van der Waals surface area contributed by atoms with Crippen molar-refractivity contribution in [3.05, 3.63) is 29.6 Å². The minimum atomic E-state index is -4.59. The van der Waals surface area contributed by atoms with E-state index in [4.69, 9.17) is 4.74 Å². The standard InChI is InChI=1S/C10H10F4O/c1-2-5-15-9-4-3-7(11)6-8(9)10(12,13)14/h3-4,6H,2,5H2,1H3. The third-order valence-electron chi connectivity index (χ3n) is 1.71. The maximum Gasteiger partial charge on any atom is 0.420 e. The van der Waals surface area contributed by atoms with Gasteiger partial charge in [-0.1, -0.05) is 6.92 Å². The highest BCUT2D eigenvalue weighted by atomic mass is 19.4. The molecule has 0 heterocycles. The first kappa shape index (κ1) is 11.8. The molecule has 0 aliphatic carbocycles. The highest BCUT2D eigenvalue weighted by Crippen LogP contribution is 2.36. The van der Waals surface area contributed by atoms with Crippen molar-refractivity contribution in [2.24, 2.45) is 0 Å². The Kier molecular flexibility index (Phi) is 3.55. The van der Waals surface area contributed by atoms with Gasteiger partial charge in [0.2, 0.25) is 0 Å². The molecule has 1 aromatic rings. The zero-order chi connectivity index (χ0) is 11.5. The lowest BCUT2D eigenvalue weighted by molar-refractivity contribution is -0.139. The van der Waals surface area contributed by atoms with E-state index in [2.05, 4.69) is 0 Å². The summed E-state index contributed by atoms with van der Waals surface area (Å²) < 4.78 is 54.8. The van der Waals surface area contributed by atoms with Gasteiger partial charge in [0.1, 0.15) is 17.1 Å². The first-order valence-electron chi connectivity index (χ1n) is 4.44. The number of halogens is 4. The average Bonchev–Trinajstić information content (AvgIpc) is 2.14. The molecule has 0 atom stereocenters. The Morgan fingerprint density at radius 3 is 2.47 bits per heavy atom. The summed E-state index contributed by atoms with van der Waals surface area (Å²) in [6.45, 7) is 1.95. The fourth-order valence-electron chi connectivity index (χ4n) is 1.06. The van der Waals surface area contributed by atoms with Gasteiger partial charge in [-0.25, -0.2) is 4.39 Å². The number of ether oxygens (including phenoxy) is 1. The first-order chi connectivity index (χ1) is 6.95. The van der Waals surface area contributed by atoms with Crippen molar-refractivity contribution in [1.82, 2.24) is 0 Å². The monoisotopic (exact) mass is 222 g/mol. The van der Waals surface area contributed by atoms with Crippen LogP contribution in [0.5, 0.6) is 5.75 Å². The van der Waals surface area contributed by atoms with Crippen LogP contribution >= 0.6 is 0 Å². The summed E-state index contributed by atoms with van der Waals surface area (Å²) in [7, 11) is 0. The summed E-state index contributed by atoms with van der Waals surface area (Å²) in [6.07, 6.45) is -4.00. The molecule has 0 N–H and O–H groups in total. The van der Waals surface area contributed by atoms with E-state index in [1.165, 1.54) is 0 Å². The van der Waals surface area contributed by atoms with Gasteiger partial charge in [0, 0.05) is 0 Å². The van der Waals surface area contributed by atoms with Gasteiger partial charge >= 0.3 is 6.18 Å². The molecular formula is C10H10F4O. The van der Waals surface area contributed by atoms with Crippen LogP contribution in [0.2, 0.25) is 0 Å². The van der Waals surface area contributed by atoms with Crippen LogP contribution in [0.15, 0.2) is 18.2 Å². The van der Waals surface area contributed by atoms with E-state index >= 15 is 0 Å². The molecule has 0 saturated carbocycles. The van der Waals surface area contributed by atoms with Crippen LogP contribution in [0.25, 0.3) is 0 Å². The Labute approximate surface area is 84.7 Å². The fraction of sp³-hybridized carbons (Fsp3) is 0.400. The van der Waals surface area contributed by atoms with Gasteiger partial charge < -0.3 is 4.74 Å². The summed E-state index contributed by atoms with van der Waals surface area (Å²) in [5, 5.41) is 0. The minimum Gasteiger partial charge on any atom is -0.493 e. The van der Waals surface area contributed by atoms with Crippen molar-refractivity contribution in [1.29, 1.82) is 0 Å². The summed E-state index contributed by atoms with van der Waals surface area (Å²) >= 11 is 0. The highest BCUT2D eigenvalue weighted by molar-refractivity contribution is 5.36. The van der Waals surface area contributed by atoms with E-state index in [1.54, 1.807) is 6.92 Å². The molecule has 1 rings (SSSR count). The molecule has 0 bridgehead atoms. The fourth-order valence-corrected chi connectivity index (χ4v) is 1.06. The van der Waals surface area contributed by atoms with E-state index in [-0.39, 0.29) is 12.4 Å². The first-order valence-corrected chi connectivity index (χ1v) is 4.44. The van der Waals surface area contributed by atoms with E-state index in [1.807, 2.05) is 0 Å². The molecular weight excluding hydrogens is 212 g/mol. The van der Waals surface area contributed by atoms with Crippen molar-refractivity contribution in [3.63, 3.8) is 0 Å². The van der Waals surface area contributed by atoms with Gasteiger partial charge in [-0.2, -0.15) is 13.2 Å². The molecule has 1 nitrogen and oxygen atoms in total. The Bertz CT molecular complexity index is 333. The van der Waals surface area contributed by atoms with Crippen LogP contribution in [0.1, 0.15) is 18.9 Å². The Morgan fingerprint density at radius 2 is 1.93 bits per heavy atom. The van der Waals surface area contributed by atoms with Gasteiger partial charge in [-0.15, -0.1) is 0 Å². The molecule has 15 heavy (non-hydrogen) atoms. The number of hydrogen-bond acceptors (Lipinski definition) is 1. The lowest BCUT2D eigenvalue weighted by Crippen LogP contribution is -2.09. The Hall–Kier alpha value is -1.26. The molecule has 0 fully saturated rings. The topological polar surface area (TPSA) is 9.23 Å². The van der Waals surface area contributed by atoms with Gasteiger partial charge in [0.05, 0.1) is 6.61 Å². The second kappa shape index (κ2) is 4.51. The second-order valence-electron chi connectivity index (χ2n) is 2.99. The van der Waals surface area contributed by atoms with E-state index in [9.17, 15) is 17.6 Å². The summed E-state index contributed by atoms with van der Waals surface area (Å²) in [6, 6.07) is 2.37. The van der Waals surface area contributed by atoms with Crippen LogP contribution < -0.4 is 4.74 Å². The Balaban J connectivity index is 3.04. The van der Waals surface area contributed by atoms with E-state index in [0.717, 1.165) is 12.1 Å². The number of rotatable bonds is 3. The van der Waals surface area contributed by atoms with Crippen LogP contribution in [0, 0.1) is 5.82 Å². The van der Waals surface area contributed by atoms with E-state index < -0.39 is 17.6 Å². The molecule has 0 aliphatic rings. The molecule has 0 saturated heterocycles. The predicted molar refractivity (Wildman–Crippen MR) is 47.2 cm³/mol. The number of alkyl halides is 3. The molecule has 0 unspecified atom stereocenters. The average molecular weight is 222 g/mol. The summed E-state index contributed by atoms with van der Waals surface area (Å²) in [5.41, 5.74) is -1.07. The van der Waals surface area contributed by atoms with Crippen molar-refractivity contribution in [3.8, 4) is 5.75 Å². The molecule has 84 valence electrons. The largest absolute Gasteiger partial charge is 0.493 e. The van der Waals surface area contributed by atoms with Gasteiger partial charge in [0.15, 0.2) is 0 Å². The highest BCUT2D eigenvalue weighted by Gasteiger charge is 2.34. The van der Waals surface area contributed by atoms with Crippen LogP contribution in [0.4, 0.5) is 17.6 Å². The van der Waals surface area contributed by atoms with Crippen molar-refractivity contribution >= 4 is 0 Å². The van der Waals surface area contributed by atoms with Crippen LogP contribution in [-0.2, 0) is 6.18 Å². The predicted octanol–water partition coefficient (Wildman–Crippen LogP) is 3.63. The smallest absolute Gasteiger partial charge is 0.420 e. The van der Waals surface area contributed by atoms with Crippen LogP contribution in [-0.4, -0.2) is 6.61 Å². The summed E-state index contributed by atoms with van der Waals surface area (Å²) in [4.78, 5) is 0. The minimum absolute atomic E-state index is 0.175. The maximum absolute atomic E-state index is 12.6. The third kappa shape index (κ3) is 3.11. The molecule has 5 heteroatoms. The zero-order valence-electron chi connectivity index (χ0n) is 8.07. The van der Waals surface area contributed by atoms with Crippen molar-refractivity contribution in [2.75, 3.05) is 6.61 Å². The normalized spacial score (nSPS) is 11.5. The van der Waals surface area contributed by atoms with Crippen molar-refractivity contribution in [2.45, 2.75) is 19.5 Å². The third-order valence-corrected chi connectivity index (χ3v) is 1.71. The van der Waals surface area contributed by atoms with Gasteiger partial charge in [-0.3, -0.25) is 0 Å². The van der Waals surface area contributed by atoms with Crippen LogP contribution in [0.3, 0.4) is 0 Å². The lowest BCUT2D eigenvalue weighted by atomic mass is 10.2. The molecule has 1 aromatic carbocycles. The quantitative estimate of drug-likeness (QED) is 0.709. The van der Waals surface area contributed by atoms with Gasteiger partial charge in [0.25, 0.3) is 0 Å². The molecule has 0 amide bonds.